The molecule has 1 aliphatic rings. The van der Waals surface area contributed by atoms with Crippen molar-refractivity contribution in [1.82, 2.24) is 0 Å². The van der Waals surface area contributed by atoms with Gasteiger partial charge in [-0.05, 0) is 37.9 Å². The van der Waals surface area contributed by atoms with Crippen molar-refractivity contribution in [3.63, 3.8) is 0 Å². The number of ether oxygens (including phenoxy) is 1. The Hall–Kier alpha value is -0.240. The lowest BCUT2D eigenvalue weighted by atomic mass is 9.94. The van der Waals surface area contributed by atoms with Gasteiger partial charge in [-0.3, -0.25) is 0 Å². The van der Waals surface area contributed by atoms with Crippen molar-refractivity contribution in [1.29, 1.82) is 5.26 Å². The molecular formula is C12H22N2OS. The van der Waals surface area contributed by atoms with Crippen LogP contribution in [0.15, 0.2) is 0 Å². The molecule has 0 saturated carbocycles. The Morgan fingerprint density at radius 1 is 1.50 bits per heavy atom. The van der Waals surface area contributed by atoms with Gasteiger partial charge in [0.1, 0.15) is 5.54 Å². The average molecular weight is 242 g/mol. The van der Waals surface area contributed by atoms with Gasteiger partial charge in [-0.1, -0.05) is 6.92 Å². The lowest BCUT2D eigenvalue weighted by molar-refractivity contribution is 0.1000. The van der Waals surface area contributed by atoms with Gasteiger partial charge in [-0.2, -0.15) is 17.0 Å². The number of thioether (sulfide) groups is 1. The normalized spacial score (nSPS) is 21.3. The summed E-state index contributed by atoms with van der Waals surface area (Å²) in [5.41, 5.74) is 5.32. The van der Waals surface area contributed by atoms with Crippen LogP contribution in [-0.4, -0.2) is 29.8 Å². The monoisotopic (exact) mass is 242 g/mol. The van der Waals surface area contributed by atoms with E-state index >= 15 is 0 Å². The minimum atomic E-state index is -0.601. The first-order valence-corrected chi connectivity index (χ1v) is 7.14. The minimum absolute atomic E-state index is 0.601. The summed E-state index contributed by atoms with van der Waals surface area (Å²) in [4.78, 5) is 0. The van der Waals surface area contributed by atoms with Crippen LogP contribution in [0.5, 0.6) is 0 Å². The molecule has 3 nitrogen and oxygen atoms in total. The molecule has 4 heteroatoms. The maximum atomic E-state index is 8.94. The molecule has 1 atom stereocenters. The highest BCUT2D eigenvalue weighted by atomic mass is 32.2. The molecule has 1 heterocycles. The van der Waals surface area contributed by atoms with Crippen LogP contribution in [0.25, 0.3) is 0 Å². The van der Waals surface area contributed by atoms with Crippen LogP contribution in [-0.2, 0) is 4.74 Å². The molecule has 0 bridgehead atoms. The van der Waals surface area contributed by atoms with E-state index in [4.69, 9.17) is 15.7 Å². The molecule has 0 aromatic rings. The van der Waals surface area contributed by atoms with Crippen LogP contribution >= 0.6 is 11.8 Å². The lowest BCUT2D eigenvalue weighted by Gasteiger charge is -2.23. The Morgan fingerprint density at radius 3 is 2.75 bits per heavy atom. The molecule has 1 unspecified atom stereocenters. The quantitative estimate of drug-likeness (QED) is 0.726. The molecule has 0 radical (unpaired) electrons. The van der Waals surface area contributed by atoms with Crippen LogP contribution in [0, 0.1) is 11.3 Å². The summed E-state index contributed by atoms with van der Waals surface area (Å²) in [5.74, 6) is 1.12. The van der Waals surface area contributed by atoms with Crippen LogP contribution in [0.4, 0.5) is 0 Å². The van der Waals surface area contributed by atoms with Crippen molar-refractivity contribution in [3.8, 4) is 6.07 Å². The number of hydrogen-bond acceptors (Lipinski definition) is 4. The molecule has 1 fully saturated rings. The third kappa shape index (κ3) is 4.73. The molecule has 0 aromatic heterocycles. The van der Waals surface area contributed by atoms with Gasteiger partial charge in [0.15, 0.2) is 0 Å². The first-order valence-electron chi connectivity index (χ1n) is 6.09. The van der Waals surface area contributed by atoms with E-state index in [0.717, 1.165) is 43.5 Å². The summed E-state index contributed by atoms with van der Waals surface area (Å²) in [7, 11) is 0. The van der Waals surface area contributed by atoms with E-state index < -0.39 is 5.54 Å². The zero-order valence-electron chi connectivity index (χ0n) is 10.1. The topological polar surface area (TPSA) is 59.0 Å². The Labute approximate surface area is 103 Å². The highest BCUT2D eigenvalue weighted by Gasteiger charge is 2.21. The maximum Gasteiger partial charge on any atom is 0.104 e. The van der Waals surface area contributed by atoms with E-state index in [0.29, 0.717) is 0 Å². The van der Waals surface area contributed by atoms with E-state index in [1.807, 2.05) is 18.7 Å². The summed E-state index contributed by atoms with van der Waals surface area (Å²) >= 11 is 2.01. The Bertz CT molecular complexity index is 236. The molecule has 0 aliphatic carbocycles. The SMILES string of the molecule is CCC(N)(C#N)CCCSC1CCOCC1. The van der Waals surface area contributed by atoms with E-state index in [1.54, 1.807) is 0 Å². The Morgan fingerprint density at radius 2 is 2.19 bits per heavy atom. The summed E-state index contributed by atoms with van der Waals surface area (Å²) in [6.45, 7) is 3.80. The fourth-order valence-corrected chi connectivity index (χ4v) is 2.96. The second kappa shape index (κ2) is 7.16. The summed E-state index contributed by atoms with van der Waals surface area (Å²) < 4.78 is 5.32. The van der Waals surface area contributed by atoms with Gasteiger partial charge in [-0.15, -0.1) is 0 Å². The highest BCUT2D eigenvalue weighted by molar-refractivity contribution is 7.99. The molecule has 1 rings (SSSR count). The number of hydrogen-bond donors (Lipinski definition) is 1. The van der Waals surface area contributed by atoms with Crippen molar-refractivity contribution < 1.29 is 4.74 Å². The van der Waals surface area contributed by atoms with E-state index in [2.05, 4.69) is 6.07 Å². The smallest absolute Gasteiger partial charge is 0.104 e. The molecule has 92 valence electrons. The van der Waals surface area contributed by atoms with Gasteiger partial charge in [0, 0.05) is 18.5 Å². The molecule has 16 heavy (non-hydrogen) atoms. The second-order valence-corrected chi connectivity index (χ2v) is 5.82. The van der Waals surface area contributed by atoms with Gasteiger partial charge >= 0.3 is 0 Å². The third-order valence-electron chi connectivity index (χ3n) is 3.14. The zero-order valence-corrected chi connectivity index (χ0v) is 10.9. The van der Waals surface area contributed by atoms with Gasteiger partial charge in [0.25, 0.3) is 0 Å². The molecule has 0 amide bonds. The van der Waals surface area contributed by atoms with Crippen LogP contribution in [0.2, 0.25) is 0 Å². The summed E-state index contributed by atoms with van der Waals surface area (Å²) in [6.07, 6.45) is 4.94. The average Bonchev–Trinajstić information content (AvgIpc) is 2.36. The van der Waals surface area contributed by atoms with Crippen molar-refractivity contribution >= 4 is 11.8 Å². The third-order valence-corrected chi connectivity index (χ3v) is 4.61. The second-order valence-electron chi connectivity index (χ2n) is 4.41. The minimum Gasteiger partial charge on any atom is -0.381 e. The number of nitrogens with two attached hydrogens (primary N) is 1. The molecule has 0 spiro atoms. The van der Waals surface area contributed by atoms with E-state index in [1.165, 1.54) is 12.8 Å². The largest absolute Gasteiger partial charge is 0.381 e. The number of rotatable bonds is 6. The predicted molar refractivity (Wildman–Crippen MR) is 68.4 cm³/mol. The standard InChI is InChI=1S/C12H22N2OS/c1-2-12(14,10-13)6-3-9-16-11-4-7-15-8-5-11/h11H,2-9,14H2,1H3. The maximum absolute atomic E-state index is 8.94. The van der Waals surface area contributed by atoms with Gasteiger partial charge in [-0.25, -0.2) is 0 Å². The van der Waals surface area contributed by atoms with E-state index in [-0.39, 0.29) is 0 Å². The molecule has 1 saturated heterocycles. The number of nitrogens with zero attached hydrogens (tertiary/aromatic N) is 1. The van der Waals surface area contributed by atoms with Crippen molar-refractivity contribution in [2.45, 2.75) is 49.8 Å². The van der Waals surface area contributed by atoms with Gasteiger partial charge in [0.2, 0.25) is 0 Å². The van der Waals surface area contributed by atoms with Crippen molar-refractivity contribution in [3.05, 3.63) is 0 Å². The van der Waals surface area contributed by atoms with Crippen LogP contribution in [0.1, 0.15) is 39.0 Å². The van der Waals surface area contributed by atoms with Crippen LogP contribution in [0.3, 0.4) is 0 Å². The highest BCUT2D eigenvalue weighted by Crippen LogP contribution is 2.24. The fourth-order valence-electron chi connectivity index (χ4n) is 1.79. The first kappa shape index (κ1) is 13.8. The molecule has 2 N–H and O–H groups in total. The first-order chi connectivity index (χ1) is 7.70. The summed E-state index contributed by atoms with van der Waals surface area (Å²) in [6, 6.07) is 2.22. The molecule has 0 aromatic carbocycles. The zero-order chi connectivity index (χ0) is 11.9. The van der Waals surface area contributed by atoms with E-state index in [9.17, 15) is 0 Å². The van der Waals surface area contributed by atoms with Crippen molar-refractivity contribution in [2.75, 3.05) is 19.0 Å². The molecule has 1 aliphatic heterocycles. The predicted octanol–water partition coefficient (Wildman–Crippen LogP) is 2.31. The summed E-state index contributed by atoms with van der Waals surface area (Å²) in [5, 5.41) is 9.69. The fraction of sp³-hybridized carbons (Fsp3) is 0.917. The number of nitriles is 1. The van der Waals surface area contributed by atoms with Gasteiger partial charge < -0.3 is 10.5 Å². The van der Waals surface area contributed by atoms with Crippen LogP contribution < -0.4 is 5.73 Å². The van der Waals surface area contributed by atoms with Gasteiger partial charge in [0.05, 0.1) is 6.07 Å². The van der Waals surface area contributed by atoms with Crippen molar-refractivity contribution in [2.24, 2.45) is 5.73 Å². The Kier molecular flexibility index (Phi) is 6.18. The Balaban J connectivity index is 2.09. The lowest BCUT2D eigenvalue weighted by Crippen LogP contribution is -2.37. The molecular weight excluding hydrogens is 220 g/mol.